The predicted molar refractivity (Wildman–Crippen MR) is 108 cm³/mol. The van der Waals surface area contributed by atoms with E-state index in [9.17, 15) is 4.79 Å². The summed E-state index contributed by atoms with van der Waals surface area (Å²) < 4.78 is 5.34. The molecule has 4 nitrogen and oxygen atoms in total. The van der Waals surface area contributed by atoms with Crippen molar-refractivity contribution in [1.29, 1.82) is 0 Å². The fraction of sp³-hybridized carbons (Fsp3) is 0.130. The Morgan fingerprint density at radius 2 is 1.96 bits per heavy atom. The lowest BCUT2D eigenvalue weighted by molar-refractivity contribution is -0.116. The van der Waals surface area contributed by atoms with Crippen molar-refractivity contribution in [3.8, 4) is 18.1 Å². The zero-order valence-electron chi connectivity index (χ0n) is 14.9. The highest BCUT2D eigenvalue weighted by atomic mass is 16.5. The van der Waals surface area contributed by atoms with Gasteiger partial charge in [0.15, 0.2) is 0 Å². The summed E-state index contributed by atoms with van der Waals surface area (Å²) in [5.74, 6) is 3.05. The molecule has 1 amide bonds. The van der Waals surface area contributed by atoms with Crippen LogP contribution in [-0.2, 0) is 11.2 Å². The molecule has 0 saturated carbocycles. The molecule has 1 heterocycles. The topological polar surface area (TPSA) is 51.2 Å². The van der Waals surface area contributed by atoms with E-state index in [0.717, 1.165) is 34.2 Å². The fourth-order valence-electron chi connectivity index (χ4n) is 2.70. The number of aromatic nitrogens is 1. The van der Waals surface area contributed by atoms with Crippen molar-refractivity contribution in [3.63, 3.8) is 0 Å². The highest BCUT2D eigenvalue weighted by Gasteiger charge is 2.00. The van der Waals surface area contributed by atoms with Gasteiger partial charge in [-0.15, -0.1) is 6.42 Å². The number of rotatable bonds is 7. The number of hydrogen-bond acceptors (Lipinski definition) is 3. The quantitative estimate of drug-likeness (QED) is 0.520. The summed E-state index contributed by atoms with van der Waals surface area (Å²) >= 11 is 0. The number of pyridine rings is 1. The van der Waals surface area contributed by atoms with Crippen LogP contribution in [0.4, 0.5) is 0 Å². The van der Waals surface area contributed by atoms with Crippen LogP contribution in [0.15, 0.2) is 66.9 Å². The first kappa shape index (κ1) is 18.2. The van der Waals surface area contributed by atoms with Gasteiger partial charge < -0.3 is 10.1 Å². The Bertz CT molecular complexity index is 980. The predicted octanol–water partition coefficient (Wildman–Crippen LogP) is 3.62. The van der Waals surface area contributed by atoms with E-state index in [1.807, 2.05) is 60.7 Å². The van der Waals surface area contributed by atoms with Gasteiger partial charge in [0.05, 0.1) is 5.52 Å². The Balaban J connectivity index is 1.51. The van der Waals surface area contributed by atoms with Crippen LogP contribution in [0.2, 0.25) is 0 Å². The van der Waals surface area contributed by atoms with E-state index in [-0.39, 0.29) is 12.5 Å². The monoisotopic (exact) mass is 356 g/mol. The maximum Gasteiger partial charge on any atom is 0.244 e. The highest BCUT2D eigenvalue weighted by Crippen LogP contribution is 2.17. The van der Waals surface area contributed by atoms with Crippen molar-refractivity contribution in [2.45, 2.75) is 6.42 Å². The number of amides is 1. The summed E-state index contributed by atoms with van der Waals surface area (Å²) in [4.78, 5) is 16.4. The van der Waals surface area contributed by atoms with Gasteiger partial charge in [-0.2, -0.15) is 0 Å². The van der Waals surface area contributed by atoms with Gasteiger partial charge in [0.2, 0.25) is 5.91 Å². The smallest absolute Gasteiger partial charge is 0.244 e. The molecule has 2 aromatic carbocycles. The van der Waals surface area contributed by atoms with Crippen LogP contribution < -0.4 is 10.1 Å². The zero-order chi connectivity index (χ0) is 18.9. The molecule has 4 heteroatoms. The number of nitrogens with zero attached hydrogens (tertiary/aromatic N) is 1. The molecule has 0 aliphatic rings. The lowest BCUT2D eigenvalue weighted by Gasteiger charge is -2.05. The number of nitrogens with one attached hydrogen (secondary N) is 1. The number of benzene rings is 2. The third-order valence-corrected chi connectivity index (χ3v) is 4.06. The molecular formula is C23H20N2O2. The number of fused-ring (bicyclic) bond motifs is 1. The van der Waals surface area contributed by atoms with E-state index in [0.29, 0.717) is 6.54 Å². The van der Waals surface area contributed by atoms with E-state index in [1.165, 1.54) is 0 Å². The van der Waals surface area contributed by atoms with E-state index < -0.39 is 0 Å². The molecule has 0 spiro atoms. The summed E-state index contributed by atoms with van der Waals surface area (Å²) in [5.41, 5.74) is 3.00. The molecule has 0 atom stereocenters. The summed E-state index contributed by atoms with van der Waals surface area (Å²) in [7, 11) is 0. The fourth-order valence-corrected chi connectivity index (χ4v) is 2.70. The van der Waals surface area contributed by atoms with Crippen molar-refractivity contribution in [2.75, 3.05) is 13.2 Å². The van der Waals surface area contributed by atoms with Gasteiger partial charge in [0, 0.05) is 24.2 Å². The molecule has 1 N–H and O–H groups in total. The molecule has 1 aromatic heterocycles. The Morgan fingerprint density at radius 1 is 1.15 bits per heavy atom. The van der Waals surface area contributed by atoms with E-state index in [4.69, 9.17) is 11.2 Å². The average Bonchev–Trinajstić information content (AvgIpc) is 2.71. The van der Waals surface area contributed by atoms with Gasteiger partial charge in [-0.25, -0.2) is 0 Å². The zero-order valence-corrected chi connectivity index (χ0v) is 14.9. The van der Waals surface area contributed by atoms with E-state index in [2.05, 4.69) is 16.2 Å². The summed E-state index contributed by atoms with van der Waals surface area (Å²) in [5, 5.41) is 3.92. The molecule has 134 valence electrons. The van der Waals surface area contributed by atoms with Gasteiger partial charge in [-0.1, -0.05) is 36.3 Å². The van der Waals surface area contributed by atoms with E-state index >= 15 is 0 Å². The van der Waals surface area contributed by atoms with Crippen LogP contribution >= 0.6 is 0 Å². The molecule has 0 unspecified atom stereocenters. The van der Waals surface area contributed by atoms with Crippen molar-refractivity contribution in [2.24, 2.45) is 0 Å². The first-order valence-corrected chi connectivity index (χ1v) is 8.71. The Morgan fingerprint density at radius 3 is 2.78 bits per heavy atom. The number of para-hydroxylation sites is 1. The largest absolute Gasteiger partial charge is 0.481 e. The minimum absolute atomic E-state index is 0.120. The minimum Gasteiger partial charge on any atom is -0.481 e. The Labute approximate surface area is 158 Å². The van der Waals surface area contributed by atoms with Crippen LogP contribution in [-0.4, -0.2) is 24.0 Å². The van der Waals surface area contributed by atoms with Crippen LogP contribution in [0, 0.1) is 12.3 Å². The molecule has 3 rings (SSSR count). The SMILES string of the molecule is C#CCOc1ccc(CCNC(=O)/C=C/c2ccnc3ccccc23)cc1. The molecular weight excluding hydrogens is 336 g/mol. The number of terminal acetylenes is 1. The second kappa shape index (κ2) is 9.21. The number of carbonyl (C=O) groups excluding carboxylic acids is 1. The maximum atomic E-state index is 12.1. The first-order chi connectivity index (χ1) is 13.3. The summed E-state index contributed by atoms with van der Waals surface area (Å²) in [6, 6.07) is 17.5. The van der Waals surface area contributed by atoms with Gasteiger partial charge >= 0.3 is 0 Å². The first-order valence-electron chi connectivity index (χ1n) is 8.71. The standard InChI is InChI=1S/C23H20N2O2/c1-2-17-27-20-10-7-18(8-11-20)13-15-25-23(26)12-9-19-14-16-24-22-6-4-3-5-21(19)22/h1,3-12,14,16H,13,15,17H2,(H,25,26)/b12-9+. The minimum atomic E-state index is -0.120. The van der Waals surface area contributed by atoms with Gasteiger partial charge in [0.1, 0.15) is 12.4 Å². The molecule has 0 radical (unpaired) electrons. The lowest BCUT2D eigenvalue weighted by atomic mass is 10.1. The van der Waals surface area contributed by atoms with Crippen molar-refractivity contribution in [1.82, 2.24) is 10.3 Å². The van der Waals surface area contributed by atoms with Crippen LogP contribution in [0.5, 0.6) is 5.75 Å². The molecule has 0 aliphatic heterocycles. The highest BCUT2D eigenvalue weighted by molar-refractivity contribution is 5.95. The third-order valence-electron chi connectivity index (χ3n) is 4.06. The molecule has 27 heavy (non-hydrogen) atoms. The number of hydrogen-bond donors (Lipinski definition) is 1. The Kier molecular flexibility index (Phi) is 6.21. The van der Waals surface area contributed by atoms with Gasteiger partial charge in [-0.05, 0) is 47.9 Å². The maximum absolute atomic E-state index is 12.1. The van der Waals surface area contributed by atoms with Crippen LogP contribution in [0.1, 0.15) is 11.1 Å². The second-order valence-corrected chi connectivity index (χ2v) is 5.93. The third kappa shape index (κ3) is 5.20. The second-order valence-electron chi connectivity index (χ2n) is 5.93. The van der Waals surface area contributed by atoms with Crippen LogP contribution in [0.3, 0.4) is 0 Å². The van der Waals surface area contributed by atoms with Crippen molar-refractivity contribution in [3.05, 3.63) is 78.0 Å². The van der Waals surface area contributed by atoms with Gasteiger partial charge in [-0.3, -0.25) is 9.78 Å². The van der Waals surface area contributed by atoms with Gasteiger partial charge in [0.25, 0.3) is 0 Å². The average molecular weight is 356 g/mol. The number of carbonyl (C=O) groups is 1. The normalized spacial score (nSPS) is 10.6. The van der Waals surface area contributed by atoms with Crippen LogP contribution in [0.25, 0.3) is 17.0 Å². The Hall–Kier alpha value is -3.58. The molecule has 0 aliphatic carbocycles. The van der Waals surface area contributed by atoms with E-state index in [1.54, 1.807) is 12.3 Å². The molecule has 0 saturated heterocycles. The van der Waals surface area contributed by atoms with Crippen molar-refractivity contribution < 1.29 is 9.53 Å². The summed E-state index contributed by atoms with van der Waals surface area (Å²) in [6.45, 7) is 0.819. The summed E-state index contributed by atoms with van der Waals surface area (Å²) in [6.07, 6.45) is 11.0. The molecule has 0 bridgehead atoms. The lowest BCUT2D eigenvalue weighted by Crippen LogP contribution is -2.23. The molecule has 0 fully saturated rings. The van der Waals surface area contributed by atoms with Crippen molar-refractivity contribution >= 4 is 22.9 Å². The molecule has 3 aromatic rings. The number of ether oxygens (including phenoxy) is 1.